The molecule has 0 atom stereocenters. The molecule has 0 spiro atoms. The summed E-state index contributed by atoms with van der Waals surface area (Å²) in [5.41, 5.74) is 9.54. The number of ether oxygens (including phenoxy) is 1. The summed E-state index contributed by atoms with van der Waals surface area (Å²) in [6.45, 7) is 0.419. The third-order valence-electron chi connectivity index (χ3n) is 2.15. The first-order valence-electron chi connectivity index (χ1n) is 5.12. The first-order valence-corrected chi connectivity index (χ1v) is 5.12. The van der Waals surface area contributed by atoms with Crippen molar-refractivity contribution in [2.45, 2.75) is 6.42 Å². The van der Waals surface area contributed by atoms with E-state index in [9.17, 15) is 4.79 Å². The molecule has 0 amide bonds. The van der Waals surface area contributed by atoms with Crippen LogP contribution in [0.5, 0.6) is 5.75 Å². The second-order valence-electron chi connectivity index (χ2n) is 3.26. The minimum absolute atomic E-state index is 0.419. The maximum atomic E-state index is 10.7. The summed E-state index contributed by atoms with van der Waals surface area (Å²) >= 11 is 0. The Morgan fingerprint density at radius 1 is 1.53 bits per heavy atom. The van der Waals surface area contributed by atoms with E-state index in [2.05, 4.69) is 10.0 Å². The van der Waals surface area contributed by atoms with Crippen LogP contribution < -0.4 is 4.74 Å². The maximum Gasteiger partial charge on any atom is 0.150 e. The number of carbonyl (C=O) groups is 1. The Kier molecular flexibility index (Phi) is 5.34. The molecular formula is C12H13N3O2. The highest BCUT2D eigenvalue weighted by molar-refractivity contribution is 5.77. The molecule has 0 saturated heterocycles. The molecule has 1 aromatic rings. The molecule has 0 heterocycles. The molecule has 17 heavy (non-hydrogen) atoms. The van der Waals surface area contributed by atoms with Gasteiger partial charge in [0.15, 0.2) is 0 Å². The first-order chi connectivity index (χ1) is 8.31. The number of hydrogen-bond donors (Lipinski definition) is 0. The Labute approximate surface area is 99.3 Å². The molecule has 1 aromatic carbocycles. The molecule has 0 radical (unpaired) electrons. The molecule has 0 N–H and O–H groups in total. The molecule has 0 aliphatic heterocycles. The lowest BCUT2D eigenvalue weighted by Crippen LogP contribution is -1.89. The van der Waals surface area contributed by atoms with Crippen molar-refractivity contribution in [3.63, 3.8) is 0 Å². The summed E-state index contributed by atoms with van der Waals surface area (Å²) in [5, 5.41) is 3.42. The number of methoxy groups -OCH3 is 1. The zero-order valence-electron chi connectivity index (χ0n) is 9.54. The van der Waals surface area contributed by atoms with Crippen LogP contribution in [0.1, 0.15) is 22.3 Å². The van der Waals surface area contributed by atoms with Gasteiger partial charge in [0.1, 0.15) is 12.0 Å². The summed E-state index contributed by atoms with van der Waals surface area (Å²) in [5.74, 6) is 0.704. The van der Waals surface area contributed by atoms with E-state index in [0.717, 1.165) is 11.8 Å². The van der Waals surface area contributed by atoms with Crippen LogP contribution >= 0.6 is 0 Å². The largest absolute Gasteiger partial charge is 0.496 e. The van der Waals surface area contributed by atoms with Crippen molar-refractivity contribution < 1.29 is 9.53 Å². The number of hydrogen-bond acceptors (Lipinski definition) is 3. The van der Waals surface area contributed by atoms with Crippen molar-refractivity contribution >= 4 is 12.4 Å². The Morgan fingerprint density at radius 3 is 3.00 bits per heavy atom. The summed E-state index contributed by atoms with van der Waals surface area (Å²) < 4.78 is 5.17. The molecule has 0 unspecified atom stereocenters. The van der Waals surface area contributed by atoms with Gasteiger partial charge in [0.2, 0.25) is 0 Å². The molecule has 0 fully saturated rings. The zero-order valence-corrected chi connectivity index (χ0v) is 9.54. The molecular weight excluding hydrogens is 218 g/mol. The molecule has 0 aromatic heterocycles. The van der Waals surface area contributed by atoms with E-state index in [1.807, 2.05) is 12.2 Å². The van der Waals surface area contributed by atoms with Crippen molar-refractivity contribution in [2.75, 3.05) is 13.7 Å². The standard InChI is InChI=1S/C12H13N3O2/c1-17-12-6-5-10(9-16)8-11(12)4-2-3-7-14-15-13/h2,4-6,8-9H,3,7H2,1H3. The highest BCUT2D eigenvalue weighted by Gasteiger charge is 2.00. The molecule has 88 valence electrons. The predicted molar refractivity (Wildman–Crippen MR) is 66.0 cm³/mol. The minimum Gasteiger partial charge on any atom is -0.496 e. The SMILES string of the molecule is COc1ccc(C=O)cc1C=CCCN=[N+]=[N-]. The second kappa shape index (κ2) is 7.09. The van der Waals surface area contributed by atoms with Crippen LogP contribution in [-0.2, 0) is 0 Å². The Balaban J connectivity index is 2.79. The van der Waals surface area contributed by atoms with E-state index in [4.69, 9.17) is 10.3 Å². The van der Waals surface area contributed by atoms with Gasteiger partial charge in [0.25, 0.3) is 0 Å². The number of benzene rings is 1. The summed E-state index contributed by atoms with van der Waals surface area (Å²) in [6, 6.07) is 5.19. The Bertz CT molecular complexity index is 463. The molecule has 0 aliphatic carbocycles. The predicted octanol–water partition coefficient (Wildman–Crippen LogP) is 3.22. The van der Waals surface area contributed by atoms with E-state index >= 15 is 0 Å². The van der Waals surface area contributed by atoms with Gasteiger partial charge in [-0.3, -0.25) is 4.79 Å². The number of azide groups is 1. The maximum absolute atomic E-state index is 10.7. The number of rotatable bonds is 6. The van der Waals surface area contributed by atoms with E-state index < -0.39 is 0 Å². The number of carbonyl (C=O) groups excluding carboxylic acids is 1. The highest BCUT2D eigenvalue weighted by Crippen LogP contribution is 2.20. The second-order valence-corrected chi connectivity index (χ2v) is 3.26. The van der Waals surface area contributed by atoms with E-state index in [1.165, 1.54) is 0 Å². The van der Waals surface area contributed by atoms with Crippen LogP contribution in [0.25, 0.3) is 16.5 Å². The molecule has 5 heteroatoms. The fourth-order valence-corrected chi connectivity index (χ4v) is 1.34. The number of aldehydes is 1. The van der Waals surface area contributed by atoms with Crippen LogP contribution in [0.4, 0.5) is 0 Å². The van der Waals surface area contributed by atoms with Gasteiger partial charge in [0.05, 0.1) is 7.11 Å². The highest BCUT2D eigenvalue weighted by atomic mass is 16.5. The molecule has 5 nitrogen and oxygen atoms in total. The van der Waals surface area contributed by atoms with Crippen LogP contribution in [0.15, 0.2) is 29.4 Å². The smallest absolute Gasteiger partial charge is 0.150 e. The van der Waals surface area contributed by atoms with Crippen molar-refractivity contribution in [2.24, 2.45) is 5.11 Å². The van der Waals surface area contributed by atoms with Crippen molar-refractivity contribution in [1.29, 1.82) is 0 Å². The summed E-state index contributed by atoms with van der Waals surface area (Å²) in [4.78, 5) is 13.3. The third kappa shape index (κ3) is 4.01. The van der Waals surface area contributed by atoms with E-state index in [0.29, 0.717) is 24.3 Å². The van der Waals surface area contributed by atoms with Gasteiger partial charge in [0, 0.05) is 22.6 Å². The lowest BCUT2D eigenvalue weighted by atomic mass is 10.1. The van der Waals surface area contributed by atoms with Gasteiger partial charge in [-0.1, -0.05) is 17.3 Å². The average molecular weight is 231 g/mol. The molecule has 0 aliphatic rings. The van der Waals surface area contributed by atoms with Crippen molar-refractivity contribution in [3.8, 4) is 5.75 Å². The van der Waals surface area contributed by atoms with Gasteiger partial charge in [-0.15, -0.1) is 0 Å². The van der Waals surface area contributed by atoms with Gasteiger partial charge in [-0.2, -0.15) is 0 Å². The van der Waals surface area contributed by atoms with E-state index in [1.54, 1.807) is 25.3 Å². The van der Waals surface area contributed by atoms with Gasteiger partial charge in [-0.05, 0) is 30.2 Å². The van der Waals surface area contributed by atoms with E-state index in [-0.39, 0.29) is 0 Å². The third-order valence-corrected chi connectivity index (χ3v) is 2.15. The molecule has 1 rings (SSSR count). The fraction of sp³-hybridized carbons (Fsp3) is 0.250. The average Bonchev–Trinajstić information content (AvgIpc) is 2.38. The van der Waals surface area contributed by atoms with Gasteiger partial charge >= 0.3 is 0 Å². The monoisotopic (exact) mass is 231 g/mol. The van der Waals surface area contributed by atoms with Gasteiger partial charge < -0.3 is 4.74 Å². The fourth-order valence-electron chi connectivity index (χ4n) is 1.34. The lowest BCUT2D eigenvalue weighted by molar-refractivity contribution is 0.112. The van der Waals surface area contributed by atoms with Crippen LogP contribution in [-0.4, -0.2) is 19.9 Å². The number of nitrogens with zero attached hydrogens (tertiary/aromatic N) is 3. The topological polar surface area (TPSA) is 75.1 Å². The van der Waals surface area contributed by atoms with Crippen molar-refractivity contribution in [1.82, 2.24) is 0 Å². The quantitative estimate of drug-likeness (QED) is 0.248. The minimum atomic E-state index is 0.419. The van der Waals surface area contributed by atoms with Crippen LogP contribution in [0, 0.1) is 0 Å². The van der Waals surface area contributed by atoms with Crippen LogP contribution in [0.3, 0.4) is 0 Å². The van der Waals surface area contributed by atoms with Crippen molar-refractivity contribution in [3.05, 3.63) is 45.8 Å². The Morgan fingerprint density at radius 2 is 2.35 bits per heavy atom. The Hall–Kier alpha value is -2.26. The zero-order chi connectivity index (χ0) is 12.5. The van der Waals surface area contributed by atoms with Gasteiger partial charge in [-0.25, -0.2) is 0 Å². The summed E-state index contributed by atoms with van der Waals surface area (Å²) in [6.07, 6.45) is 5.16. The normalized spacial score (nSPS) is 9.94. The lowest BCUT2D eigenvalue weighted by Gasteiger charge is -2.04. The summed E-state index contributed by atoms with van der Waals surface area (Å²) in [7, 11) is 1.58. The molecule has 0 bridgehead atoms. The molecule has 0 saturated carbocycles. The van der Waals surface area contributed by atoms with Crippen LogP contribution in [0.2, 0.25) is 0 Å². The first kappa shape index (κ1) is 12.8.